The molecule has 2 heterocycles. The molecule has 0 radical (unpaired) electrons. The van der Waals surface area contributed by atoms with Crippen LogP contribution in [0.15, 0.2) is 18.2 Å². The minimum absolute atomic E-state index is 0.342. The molecule has 21 heavy (non-hydrogen) atoms. The number of rotatable bonds is 4. The maximum Gasteiger partial charge on any atom is 0.161 e. The first kappa shape index (κ1) is 14.6. The minimum atomic E-state index is -0.719. The molecule has 2 atom stereocenters. The normalized spacial score (nSPS) is 21.8. The SMILES string of the molecule is NC(CN1CCOCC1)[C@H](O)c1ccc2c(c1)OCCO2. The van der Waals surface area contributed by atoms with Gasteiger partial charge in [-0.2, -0.15) is 0 Å². The summed E-state index contributed by atoms with van der Waals surface area (Å²) in [6.07, 6.45) is -0.719. The Balaban J connectivity index is 1.64. The van der Waals surface area contributed by atoms with Crippen molar-refractivity contribution in [1.29, 1.82) is 0 Å². The molecule has 1 fully saturated rings. The minimum Gasteiger partial charge on any atom is -0.486 e. The topological polar surface area (TPSA) is 77.2 Å². The molecule has 0 spiro atoms. The van der Waals surface area contributed by atoms with Crippen molar-refractivity contribution in [2.24, 2.45) is 5.73 Å². The smallest absolute Gasteiger partial charge is 0.161 e. The Labute approximate surface area is 124 Å². The zero-order valence-corrected chi connectivity index (χ0v) is 12.0. The van der Waals surface area contributed by atoms with Gasteiger partial charge in [0.15, 0.2) is 11.5 Å². The Morgan fingerprint density at radius 3 is 2.57 bits per heavy atom. The number of aliphatic hydroxyl groups excluding tert-OH is 1. The summed E-state index contributed by atoms with van der Waals surface area (Å²) >= 11 is 0. The highest BCUT2D eigenvalue weighted by atomic mass is 16.6. The van der Waals surface area contributed by atoms with Crippen LogP contribution >= 0.6 is 0 Å². The molecule has 1 aromatic rings. The Hall–Kier alpha value is -1.34. The lowest BCUT2D eigenvalue weighted by molar-refractivity contribution is 0.0248. The molecule has 1 unspecified atom stereocenters. The zero-order chi connectivity index (χ0) is 14.7. The number of fused-ring (bicyclic) bond motifs is 1. The van der Waals surface area contributed by atoms with Crippen molar-refractivity contribution in [3.8, 4) is 11.5 Å². The van der Waals surface area contributed by atoms with Crippen molar-refractivity contribution in [3.05, 3.63) is 23.8 Å². The number of hydrogen-bond acceptors (Lipinski definition) is 6. The van der Waals surface area contributed by atoms with Gasteiger partial charge in [-0.3, -0.25) is 4.90 Å². The average Bonchev–Trinajstić information content (AvgIpc) is 2.54. The molecule has 6 nitrogen and oxygen atoms in total. The van der Waals surface area contributed by atoms with Gasteiger partial charge in [-0.15, -0.1) is 0 Å². The summed E-state index contributed by atoms with van der Waals surface area (Å²) < 4.78 is 16.3. The van der Waals surface area contributed by atoms with Crippen molar-refractivity contribution in [2.75, 3.05) is 46.1 Å². The number of morpholine rings is 1. The van der Waals surface area contributed by atoms with E-state index < -0.39 is 6.10 Å². The lowest BCUT2D eigenvalue weighted by Crippen LogP contribution is -2.46. The highest BCUT2D eigenvalue weighted by Crippen LogP contribution is 2.33. The first-order valence-electron chi connectivity index (χ1n) is 7.37. The van der Waals surface area contributed by atoms with E-state index in [1.807, 2.05) is 18.2 Å². The van der Waals surface area contributed by atoms with Crippen molar-refractivity contribution < 1.29 is 19.3 Å². The van der Waals surface area contributed by atoms with E-state index in [4.69, 9.17) is 19.9 Å². The third kappa shape index (κ3) is 3.47. The van der Waals surface area contributed by atoms with E-state index in [9.17, 15) is 5.11 Å². The Kier molecular flexibility index (Phi) is 4.60. The van der Waals surface area contributed by atoms with Crippen molar-refractivity contribution >= 4 is 0 Å². The quantitative estimate of drug-likeness (QED) is 0.823. The van der Waals surface area contributed by atoms with Gasteiger partial charge < -0.3 is 25.1 Å². The van der Waals surface area contributed by atoms with Gasteiger partial charge in [0.1, 0.15) is 13.2 Å². The molecule has 0 aromatic heterocycles. The Morgan fingerprint density at radius 1 is 1.10 bits per heavy atom. The summed E-state index contributed by atoms with van der Waals surface area (Å²) in [5, 5.41) is 10.4. The second-order valence-corrected chi connectivity index (χ2v) is 5.42. The number of hydrogen-bond donors (Lipinski definition) is 2. The van der Waals surface area contributed by atoms with E-state index in [1.165, 1.54) is 0 Å². The molecule has 0 aliphatic carbocycles. The summed E-state index contributed by atoms with van der Waals surface area (Å²) in [6, 6.07) is 5.15. The fraction of sp³-hybridized carbons (Fsp3) is 0.600. The zero-order valence-electron chi connectivity index (χ0n) is 12.0. The number of ether oxygens (including phenoxy) is 3. The Morgan fingerprint density at radius 2 is 1.81 bits per heavy atom. The maximum atomic E-state index is 10.4. The summed E-state index contributed by atoms with van der Waals surface area (Å²) in [6.45, 7) is 4.93. The van der Waals surface area contributed by atoms with Gasteiger partial charge in [0.2, 0.25) is 0 Å². The van der Waals surface area contributed by atoms with Gasteiger partial charge in [0.05, 0.1) is 19.3 Å². The molecule has 1 saturated heterocycles. The average molecular weight is 294 g/mol. The van der Waals surface area contributed by atoms with E-state index >= 15 is 0 Å². The molecule has 116 valence electrons. The summed E-state index contributed by atoms with van der Waals surface area (Å²) in [5.74, 6) is 1.40. The first-order chi connectivity index (χ1) is 10.2. The van der Waals surface area contributed by atoms with E-state index in [0.29, 0.717) is 25.5 Å². The van der Waals surface area contributed by atoms with Crippen LogP contribution in [0.25, 0.3) is 0 Å². The Bertz CT molecular complexity index is 477. The molecule has 0 amide bonds. The van der Waals surface area contributed by atoms with Crippen LogP contribution in [-0.4, -0.2) is 62.1 Å². The van der Waals surface area contributed by atoms with Gasteiger partial charge in [-0.1, -0.05) is 6.07 Å². The molecule has 3 rings (SSSR count). The second kappa shape index (κ2) is 6.62. The van der Waals surface area contributed by atoms with Crippen LogP contribution in [0.4, 0.5) is 0 Å². The lowest BCUT2D eigenvalue weighted by atomic mass is 10.0. The highest BCUT2D eigenvalue weighted by molar-refractivity contribution is 5.44. The molecular formula is C15H22N2O4. The van der Waals surface area contributed by atoms with Crippen LogP contribution < -0.4 is 15.2 Å². The molecular weight excluding hydrogens is 272 g/mol. The number of benzene rings is 1. The van der Waals surface area contributed by atoms with Crippen LogP contribution in [0, 0.1) is 0 Å². The van der Waals surface area contributed by atoms with E-state index in [1.54, 1.807) is 0 Å². The van der Waals surface area contributed by atoms with Gasteiger partial charge in [-0.25, -0.2) is 0 Å². The van der Waals surface area contributed by atoms with Gasteiger partial charge >= 0.3 is 0 Å². The third-order valence-corrected chi connectivity index (χ3v) is 3.89. The fourth-order valence-corrected chi connectivity index (χ4v) is 2.67. The monoisotopic (exact) mass is 294 g/mol. The first-order valence-corrected chi connectivity index (χ1v) is 7.37. The van der Waals surface area contributed by atoms with Crippen LogP contribution in [-0.2, 0) is 4.74 Å². The van der Waals surface area contributed by atoms with Crippen molar-refractivity contribution in [2.45, 2.75) is 12.1 Å². The molecule has 2 aliphatic heterocycles. The molecule has 1 aromatic carbocycles. The van der Waals surface area contributed by atoms with Gasteiger partial charge in [0.25, 0.3) is 0 Å². The lowest BCUT2D eigenvalue weighted by Gasteiger charge is -2.31. The maximum absolute atomic E-state index is 10.4. The molecule has 2 aliphatic rings. The molecule has 0 saturated carbocycles. The summed E-state index contributed by atoms with van der Waals surface area (Å²) in [4.78, 5) is 2.22. The van der Waals surface area contributed by atoms with Crippen LogP contribution in [0.1, 0.15) is 11.7 Å². The van der Waals surface area contributed by atoms with Crippen LogP contribution in [0.5, 0.6) is 11.5 Å². The summed E-state index contributed by atoms with van der Waals surface area (Å²) in [5.41, 5.74) is 6.92. The number of aliphatic hydroxyl groups is 1. The van der Waals surface area contributed by atoms with Gasteiger partial charge in [0, 0.05) is 25.7 Å². The predicted molar refractivity (Wildman–Crippen MR) is 77.6 cm³/mol. The predicted octanol–water partition coefficient (Wildman–Crippen LogP) is 0.151. The third-order valence-electron chi connectivity index (χ3n) is 3.89. The standard InChI is InChI=1S/C15H22N2O4/c16-12(10-17-3-5-19-6-4-17)15(18)11-1-2-13-14(9-11)21-8-7-20-13/h1-2,9,12,15,18H,3-8,10,16H2/t12?,15-/m1/s1. The second-order valence-electron chi connectivity index (χ2n) is 5.42. The molecule has 3 N–H and O–H groups in total. The summed E-state index contributed by atoms with van der Waals surface area (Å²) in [7, 11) is 0. The van der Waals surface area contributed by atoms with Crippen LogP contribution in [0.3, 0.4) is 0 Å². The fourth-order valence-electron chi connectivity index (χ4n) is 2.67. The molecule has 6 heteroatoms. The largest absolute Gasteiger partial charge is 0.486 e. The van der Waals surface area contributed by atoms with E-state index in [2.05, 4.69) is 4.90 Å². The van der Waals surface area contributed by atoms with Gasteiger partial charge in [-0.05, 0) is 17.7 Å². The van der Waals surface area contributed by atoms with E-state index in [-0.39, 0.29) is 6.04 Å². The van der Waals surface area contributed by atoms with E-state index in [0.717, 1.165) is 37.6 Å². The van der Waals surface area contributed by atoms with Crippen LogP contribution in [0.2, 0.25) is 0 Å². The molecule has 0 bridgehead atoms. The highest BCUT2D eigenvalue weighted by Gasteiger charge is 2.23. The number of nitrogens with zero attached hydrogens (tertiary/aromatic N) is 1. The number of nitrogens with two attached hydrogens (primary N) is 1. The van der Waals surface area contributed by atoms with Crippen molar-refractivity contribution in [3.63, 3.8) is 0 Å². The van der Waals surface area contributed by atoms with Crippen molar-refractivity contribution in [1.82, 2.24) is 4.90 Å².